The first kappa shape index (κ1) is 30.5. The van der Waals surface area contributed by atoms with E-state index >= 15 is 0 Å². The van der Waals surface area contributed by atoms with Crippen LogP contribution in [0.1, 0.15) is 82.9 Å². The van der Waals surface area contributed by atoms with E-state index in [1.165, 1.54) is 99.8 Å². The highest BCUT2D eigenvalue weighted by Gasteiger charge is 2.18. The van der Waals surface area contributed by atoms with Crippen LogP contribution in [0.15, 0.2) is 18.2 Å². The van der Waals surface area contributed by atoms with Crippen LogP contribution < -0.4 is 10.1 Å². The number of hydrogen-bond acceptors (Lipinski definition) is 5. The fourth-order valence-electron chi connectivity index (χ4n) is 4.75. The Labute approximate surface area is 216 Å². The minimum atomic E-state index is -4.64. The molecule has 1 aromatic heterocycles. The predicted molar refractivity (Wildman–Crippen MR) is 148 cm³/mol. The molecule has 8 nitrogen and oxygen atoms in total. The largest absolute Gasteiger partial charge is 0.497 e. The number of ether oxygens (including phenoxy) is 1. The Kier molecular flexibility index (Phi) is 13.7. The van der Waals surface area contributed by atoms with E-state index in [1.54, 1.807) is 7.11 Å². The fourth-order valence-corrected chi connectivity index (χ4v) is 4.75. The van der Waals surface area contributed by atoms with Crippen LogP contribution in [0, 0.1) is 0 Å². The molecule has 0 amide bonds. The van der Waals surface area contributed by atoms with Crippen LogP contribution in [0.2, 0.25) is 0 Å². The van der Waals surface area contributed by atoms with Crippen LogP contribution in [0.25, 0.3) is 10.9 Å². The number of benzene rings is 1. The van der Waals surface area contributed by atoms with Crippen LogP contribution >= 0.6 is 7.82 Å². The smallest absolute Gasteiger partial charge is 0.466 e. The lowest BCUT2D eigenvalue weighted by Gasteiger charge is -2.24. The highest BCUT2D eigenvalue weighted by atomic mass is 31.2. The van der Waals surface area contributed by atoms with Gasteiger partial charge in [-0.1, -0.05) is 39.5 Å². The number of rotatable bonds is 14. The third-order valence-corrected chi connectivity index (χ3v) is 6.58. The number of fused-ring (bicyclic) bond motifs is 2. The molecule has 204 valence electrons. The second-order valence-electron chi connectivity index (χ2n) is 9.55. The highest BCUT2D eigenvalue weighted by molar-refractivity contribution is 7.45. The zero-order chi connectivity index (χ0) is 26.4. The molecule has 4 N–H and O–H groups in total. The van der Waals surface area contributed by atoms with Gasteiger partial charge >= 0.3 is 7.82 Å². The summed E-state index contributed by atoms with van der Waals surface area (Å²) in [7, 11) is -2.90. The summed E-state index contributed by atoms with van der Waals surface area (Å²) in [6.45, 7) is 9.29. The fraction of sp³-hybridized carbons (Fsp3) is 0.667. The molecule has 1 heterocycles. The van der Waals surface area contributed by atoms with Gasteiger partial charge in [0.2, 0.25) is 0 Å². The predicted octanol–water partition coefficient (Wildman–Crippen LogP) is 5.68. The van der Waals surface area contributed by atoms with Gasteiger partial charge in [-0.2, -0.15) is 0 Å². The molecule has 0 unspecified atom stereocenters. The summed E-state index contributed by atoms with van der Waals surface area (Å²) in [5, 5.41) is 5.05. The summed E-state index contributed by atoms with van der Waals surface area (Å²) in [5.74, 6) is 0.908. The van der Waals surface area contributed by atoms with E-state index in [1.807, 2.05) is 6.07 Å². The molecule has 1 aliphatic rings. The van der Waals surface area contributed by atoms with Crippen LogP contribution in [0.3, 0.4) is 0 Å². The van der Waals surface area contributed by atoms with E-state index < -0.39 is 7.82 Å². The van der Waals surface area contributed by atoms with Crippen molar-refractivity contribution < 1.29 is 24.0 Å². The number of nitrogens with one attached hydrogen (secondary N) is 1. The standard InChI is InChI=1S/C27H43N3O.H3O4P/c1-4-6-10-18-30(19-11-7-5-2)20-12-17-28-27-23-13-8-9-14-25(23)29-26-16-15-22(31-3)21-24(26)27;1-5(2,3)4/h15-16,21H,4-14,17-20H2,1-3H3,(H,28,29);(H3,1,2,3,4). The summed E-state index contributed by atoms with van der Waals surface area (Å²) in [6.07, 6.45) is 13.9. The topological polar surface area (TPSA) is 115 Å². The number of aryl methyl sites for hydroxylation is 1. The van der Waals surface area contributed by atoms with Crippen molar-refractivity contribution in [3.8, 4) is 5.75 Å². The van der Waals surface area contributed by atoms with Gasteiger partial charge in [0.25, 0.3) is 0 Å². The maximum absolute atomic E-state index is 8.88. The second kappa shape index (κ2) is 16.2. The third kappa shape index (κ3) is 11.1. The van der Waals surface area contributed by atoms with E-state index in [-0.39, 0.29) is 0 Å². The number of phosphoric acid groups is 1. The van der Waals surface area contributed by atoms with Gasteiger partial charge < -0.3 is 29.6 Å². The molecule has 0 spiro atoms. The first-order chi connectivity index (χ1) is 17.3. The Morgan fingerprint density at radius 1 is 0.972 bits per heavy atom. The molecule has 1 aliphatic carbocycles. The number of unbranched alkanes of at least 4 members (excludes halogenated alkanes) is 4. The van der Waals surface area contributed by atoms with Gasteiger partial charge in [-0.3, -0.25) is 4.98 Å². The van der Waals surface area contributed by atoms with Gasteiger partial charge in [0.15, 0.2) is 0 Å². The molecule has 0 aliphatic heterocycles. The van der Waals surface area contributed by atoms with E-state index in [0.29, 0.717) is 0 Å². The molecule has 0 saturated heterocycles. The van der Waals surface area contributed by atoms with Crippen LogP contribution in [0.4, 0.5) is 5.69 Å². The average Bonchev–Trinajstić information content (AvgIpc) is 2.84. The molecule has 0 fully saturated rings. The minimum Gasteiger partial charge on any atom is -0.497 e. The van der Waals surface area contributed by atoms with Gasteiger partial charge in [-0.05, 0) is 88.3 Å². The molecular weight excluding hydrogens is 477 g/mol. The van der Waals surface area contributed by atoms with Gasteiger partial charge in [0.05, 0.1) is 12.6 Å². The zero-order valence-electron chi connectivity index (χ0n) is 22.3. The molecular formula is C27H46N3O5P. The number of methoxy groups -OCH3 is 1. The molecule has 0 atom stereocenters. The summed E-state index contributed by atoms with van der Waals surface area (Å²) in [5.41, 5.74) is 5.13. The van der Waals surface area contributed by atoms with Crippen LogP contribution in [-0.4, -0.2) is 57.9 Å². The van der Waals surface area contributed by atoms with E-state index in [9.17, 15) is 0 Å². The number of anilines is 1. The third-order valence-electron chi connectivity index (χ3n) is 6.58. The van der Waals surface area contributed by atoms with Crippen molar-refractivity contribution in [1.29, 1.82) is 0 Å². The highest BCUT2D eigenvalue weighted by Crippen LogP contribution is 2.35. The van der Waals surface area contributed by atoms with Crippen molar-refractivity contribution in [2.45, 2.75) is 84.5 Å². The van der Waals surface area contributed by atoms with Crippen molar-refractivity contribution in [1.82, 2.24) is 9.88 Å². The number of aromatic nitrogens is 1. The maximum atomic E-state index is 8.88. The van der Waals surface area contributed by atoms with Crippen molar-refractivity contribution >= 4 is 24.4 Å². The number of nitrogens with zero attached hydrogens (tertiary/aromatic N) is 2. The Morgan fingerprint density at radius 2 is 1.58 bits per heavy atom. The lowest BCUT2D eigenvalue weighted by atomic mass is 9.92. The molecule has 36 heavy (non-hydrogen) atoms. The Balaban J connectivity index is 0.000000830. The number of pyridine rings is 1. The van der Waals surface area contributed by atoms with Crippen LogP contribution in [-0.2, 0) is 17.4 Å². The van der Waals surface area contributed by atoms with Gasteiger partial charge in [0.1, 0.15) is 5.75 Å². The summed E-state index contributed by atoms with van der Waals surface area (Å²) in [6, 6.07) is 6.29. The SMILES string of the molecule is CCCCCN(CCCCC)CCCNc1c2c(nc3ccc(OC)cc13)CCCC2.O=P(O)(O)O. The summed E-state index contributed by atoms with van der Waals surface area (Å²) < 4.78 is 14.4. The van der Waals surface area contributed by atoms with Gasteiger partial charge in [-0.15, -0.1) is 0 Å². The minimum absolute atomic E-state index is 0.908. The maximum Gasteiger partial charge on any atom is 0.466 e. The first-order valence-corrected chi connectivity index (χ1v) is 15.1. The molecule has 2 aromatic rings. The summed E-state index contributed by atoms with van der Waals surface area (Å²) >= 11 is 0. The second-order valence-corrected chi connectivity index (χ2v) is 10.6. The van der Waals surface area contributed by atoms with Gasteiger partial charge in [-0.25, -0.2) is 4.57 Å². The Morgan fingerprint density at radius 3 is 2.19 bits per heavy atom. The van der Waals surface area contributed by atoms with E-state index in [2.05, 4.69) is 36.2 Å². The zero-order valence-corrected chi connectivity index (χ0v) is 23.2. The molecule has 0 saturated carbocycles. The Bertz CT molecular complexity index is 948. The molecule has 9 heteroatoms. The lowest BCUT2D eigenvalue weighted by molar-refractivity contribution is 0.261. The van der Waals surface area contributed by atoms with Crippen molar-refractivity contribution in [3.63, 3.8) is 0 Å². The quantitative estimate of drug-likeness (QED) is 0.185. The number of hydrogen-bond donors (Lipinski definition) is 4. The van der Waals surface area contributed by atoms with Crippen molar-refractivity contribution in [3.05, 3.63) is 29.5 Å². The molecule has 0 bridgehead atoms. The normalized spacial score (nSPS) is 13.3. The summed E-state index contributed by atoms with van der Waals surface area (Å²) in [4.78, 5) is 29.2. The first-order valence-electron chi connectivity index (χ1n) is 13.5. The average molecular weight is 524 g/mol. The molecule has 3 rings (SSSR count). The molecule has 1 aromatic carbocycles. The van der Waals surface area contributed by atoms with Gasteiger partial charge in [0, 0.05) is 23.3 Å². The van der Waals surface area contributed by atoms with Crippen molar-refractivity contribution in [2.24, 2.45) is 0 Å². The van der Waals surface area contributed by atoms with Crippen LogP contribution in [0.5, 0.6) is 5.75 Å². The Hall–Kier alpha value is -1.70. The van der Waals surface area contributed by atoms with E-state index in [4.69, 9.17) is 29.0 Å². The monoisotopic (exact) mass is 523 g/mol. The molecule has 0 radical (unpaired) electrons. The van der Waals surface area contributed by atoms with Crippen molar-refractivity contribution in [2.75, 3.05) is 38.6 Å². The van der Waals surface area contributed by atoms with E-state index in [0.717, 1.165) is 30.7 Å². The lowest BCUT2D eigenvalue weighted by Crippen LogP contribution is -2.28.